The van der Waals surface area contributed by atoms with Gasteiger partial charge in [0.05, 0.1) is 35.7 Å². The Morgan fingerprint density at radius 1 is 0.540 bits per heavy atom. The summed E-state index contributed by atoms with van der Waals surface area (Å²) in [6, 6.07) is 10.7. The first-order valence-electron chi connectivity index (χ1n) is 18.5. The fraction of sp³-hybridized carbons (Fsp3) is 0.122. The maximum Gasteiger partial charge on any atom is 0.433 e. The summed E-state index contributed by atoms with van der Waals surface area (Å²) in [7, 11) is 0. The highest BCUT2D eigenvalue weighted by molar-refractivity contribution is 5.90. The molecule has 0 radical (unpaired) electrons. The highest BCUT2D eigenvalue weighted by atomic mass is 19.4. The lowest BCUT2D eigenvalue weighted by Gasteiger charge is -2.12. The molecule has 0 aliphatic carbocycles. The number of aromatic nitrogens is 12. The molecule has 16 nitrogen and oxygen atoms in total. The molecule has 8 aromatic rings. The average molecular weight is 863 g/mol. The van der Waals surface area contributed by atoms with Crippen molar-refractivity contribution in [2.45, 2.75) is 31.9 Å². The standard InChI is InChI=1S/C41H28F6N14O2/c42-40(43,44)33-12-24(5-6-52-33)32-21-60(22-38(62)58-35-3-1-25(15-53-35)30-18-48-7-9-50-30)37(57-32)14-29-11-27(13-34(56-29)41(45,46)47)28-17-55-61(20-28)23-39(63)59-36-4-2-26(16-54-36)31-19-49-8-10-51-31/h1-13,15-21H,14,22-23H2,(H,53,58,62)(H,54,59,63). The van der Waals surface area contributed by atoms with Gasteiger partial charge >= 0.3 is 12.4 Å². The van der Waals surface area contributed by atoms with Crippen LogP contribution in [-0.2, 0) is 41.5 Å². The lowest BCUT2D eigenvalue weighted by atomic mass is 10.1. The SMILES string of the molecule is O=C(Cn1cc(-c2cc(Cc3nc(-c4ccnc(C(F)(F)F)c4)cn3CC(=O)Nc3ccc(-c4cnccn4)cn3)nc(C(F)(F)F)c2)cn1)Nc1ccc(-c2cnccn2)cn1. The van der Waals surface area contributed by atoms with Gasteiger partial charge in [-0.1, -0.05) is 0 Å². The fourth-order valence-electron chi connectivity index (χ4n) is 6.17. The van der Waals surface area contributed by atoms with Crippen molar-refractivity contribution in [1.82, 2.24) is 59.2 Å². The molecule has 0 fully saturated rings. The Labute approximate surface area is 351 Å². The van der Waals surface area contributed by atoms with Gasteiger partial charge in [0.1, 0.15) is 41.9 Å². The van der Waals surface area contributed by atoms with Gasteiger partial charge in [0, 0.05) is 90.1 Å². The molecule has 8 aromatic heterocycles. The zero-order valence-corrected chi connectivity index (χ0v) is 32.1. The molecule has 316 valence electrons. The summed E-state index contributed by atoms with van der Waals surface area (Å²) in [5, 5.41) is 9.43. The van der Waals surface area contributed by atoms with Crippen LogP contribution in [0.3, 0.4) is 0 Å². The highest BCUT2D eigenvalue weighted by Gasteiger charge is 2.34. The van der Waals surface area contributed by atoms with Crippen LogP contribution in [-0.4, -0.2) is 71.0 Å². The monoisotopic (exact) mass is 862 g/mol. The Morgan fingerprint density at radius 3 is 1.73 bits per heavy atom. The van der Waals surface area contributed by atoms with Crippen molar-refractivity contribution in [2.24, 2.45) is 0 Å². The second-order valence-corrected chi connectivity index (χ2v) is 13.6. The van der Waals surface area contributed by atoms with Crippen molar-refractivity contribution in [2.75, 3.05) is 10.6 Å². The van der Waals surface area contributed by atoms with E-state index < -0.39 is 48.5 Å². The molecule has 0 saturated heterocycles. The summed E-state index contributed by atoms with van der Waals surface area (Å²) in [4.78, 5) is 62.8. The summed E-state index contributed by atoms with van der Waals surface area (Å²) in [5.41, 5.74) is 0.0484. The van der Waals surface area contributed by atoms with Gasteiger partial charge in [-0.2, -0.15) is 31.4 Å². The fourth-order valence-corrected chi connectivity index (χ4v) is 6.17. The molecule has 2 N–H and O–H groups in total. The van der Waals surface area contributed by atoms with Crippen LogP contribution in [0.1, 0.15) is 22.9 Å². The van der Waals surface area contributed by atoms with Crippen LogP contribution in [0.25, 0.3) is 44.9 Å². The van der Waals surface area contributed by atoms with Gasteiger partial charge in [-0.3, -0.25) is 39.2 Å². The van der Waals surface area contributed by atoms with E-state index in [9.17, 15) is 35.9 Å². The van der Waals surface area contributed by atoms with Gasteiger partial charge < -0.3 is 15.2 Å². The molecule has 8 rings (SSSR count). The molecule has 22 heteroatoms. The number of hydrogen-bond donors (Lipinski definition) is 2. The van der Waals surface area contributed by atoms with Crippen LogP contribution in [0.2, 0.25) is 0 Å². The van der Waals surface area contributed by atoms with Crippen molar-refractivity contribution < 1.29 is 35.9 Å². The van der Waals surface area contributed by atoms with Gasteiger partial charge in [0.25, 0.3) is 0 Å². The number of carbonyl (C=O) groups excluding carboxylic acids is 2. The van der Waals surface area contributed by atoms with Crippen LogP contribution in [0.15, 0.2) is 123 Å². The van der Waals surface area contributed by atoms with E-state index in [2.05, 4.69) is 60.6 Å². The molecule has 8 heterocycles. The molecule has 0 bridgehead atoms. The smallest absolute Gasteiger partial charge is 0.325 e. The quantitative estimate of drug-likeness (QED) is 0.122. The Kier molecular flexibility index (Phi) is 11.4. The Morgan fingerprint density at radius 2 is 1.16 bits per heavy atom. The van der Waals surface area contributed by atoms with E-state index in [0.29, 0.717) is 22.5 Å². The molecular formula is C41H28F6N14O2. The molecule has 0 unspecified atom stereocenters. The number of halogens is 6. The van der Waals surface area contributed by atoms with E-state index >= 15 is 0 Å². The van der Waals surface area contributed by atoms with Crippen LogP contribution in [0.4, 0.5) is 38.0 Å². The zero-order valence-electron chi connectivity index (χ0n) is 32.1. The summed E-state index contributed by atoms with van der Waals surface area (Å²) in [6.07, 6.45) is 6.98. The minimum atomic E-state index is -4.91. The molecule has 63 heavy (non-hydrogen) atoms. The largest absolute Gasteiger partial charge is 0.433 e. The molecule has 2 amide bonds. The summed E-state index contributed by atoms with van der Waals surface area (Å²) < 4.78 is 86.3. The number of imidazole rings is 1. The van der Waals surface area contributed by atoms with E-state index in [-0.39, 0.29) is 52.1 Å². The average Bonchev–Trinajstić information content (AvgIpc) is 3.91. The molecule has 0 aliphatic rings. The van der Waals surface area contributed by atoms with Crippen molar-refractivity contribution in [1.29, 1.82) is 0 Å². The topological polar surface area (TPSA) is 197 Å². The van der Waals surface area contributed by atoms with Crippen LogP contribution in [0, 0.1) is 0 Å². The van der Waals surface area contributed by atoms with E-state index in [1.165, 1.54) is 89.4 Å². The first kappa shape index (κ1) is 41.4. The summed E-state index contributed by atoms with van der Waals surface area (Å²) >= 11 is 0. The van der Waals surface area contributed by atoms with Crippen LogP contribution in [0.5, 0.6) is 0 Å². The first-order valence-corrected chi connectivity index (χ1v) is 18.5. The lowest BCUT2D eigenvalue weighted by molar-refractivity contribution is -0.142. The van der Waals surface area contributed by atoms with Gasteiger partial charge in [0.15, 0.2) is 0 Å². The zero-order chi connectivity index (χ0) is 44.1. The third kappa shape index (κ3) is 10.2. The maximum atomic E-state index is 14.3. The van der Waals surface area contributed by atoms with Gasteiger partial charge in [-0.05, 0) is 54.1 Å². The number of hydrogen-bond acceptors (Lipinski definition) is 12. The molecule has 0 spiro atoms. The van der Waals surface area contributed by atoms with Crippen molar-refractivity contribution in [3.8, 4) is 44.9 Å². The maximum absolute atomic E-state index is 14.3. The minimum Gasteiger partial charge on any atom is -0.325 e. The van der Waals surface area contributed by atoms with E-state index in [1.807, 2.05) is 0 Å². The van der Waals surface area contributed by atoms with Crippen molar-refractivity contribution in [3.05, 3.63) is 146 Å². The number of amides is 2. The molecule has 0 aromatic carbocycles. The number of nitrogens with zero attached hydrogens (tertiary/aromatic N) is 12. The molecule has 0 aliphatic heterocycles. The van der Waals surface area contributed by atoms with Gasteiger partial charge in [-0.15, -0.1) is 0 Å². The Hall–Kier alpha value is -8.30. The second kappa shape index (κ2) is 17.4. The van der Waals surface area contributed by atoms with E-state index in [4.69, 9.17) is 0 Å². The Balaban J connectivity index is 1.04. The van der Waals surface area contributed by atoms with Crippen LogP contribution >= 0.6 is 0 Å². The number of pyridine rings is 4. The summed E-state index contributed by atoms with van der Waals surface area (Å²) in [6.45, 7) is -0.776. The Bertz CT molecular complexity index is 2890. The third-order valence-electron chi connectivity index (χ3n) is 9.08. The number of anilines is 2. The highest BCUT2D eigenvalue weighted by Crippen LogP contribution is 2.33. The molecule has 0 atom stereocenters. The number of alkyl halides is 6. The number of carbonyl (C=O) groups is 2. The first-order chi connectivity index (χ1) is 30.2. The predicted molar refractivity (Wildman–Crippen MR) is 212 cm³/mol. The lowest BCUT2D eigenvalue weighted by Crippen LogP contribution is -2.20. The predicted octanol–water partition coefficient (Wildman–Crippen LogP) is 6.81. The molecular weight excluding hydrogens is 835 g/mol. The number of nitrogens with one attached hydrogen (secondary N) is 2. The van der Waals surface area contributed by atoms with Crippen molar-refractivity contribution >= 4 is 23.5 Å². The normalized spacial score (nSPS) is 11.7. The van der Waals surface area contributed by atoms with Gasteiger partial charge in [0.2, 0.25) is 11.8 Å². The van der Waals surface area contributed by atoms with Crippen molar-refractivity contribution in [3.63, 3.8) is 0 Å². The van der Waals surface area contributed by atoms with Gasteiger partial charge in [-0.25, -0.2) is 19.9 Å². The summed E-state index contributed by atoms with van der Waals surface area (Å²) in [5.74, 6) is -0.753. The molecule has 0 saturated carbocycles. The minimum absolute atomic E-state index is 0.0000361. The van der Waals surface area contributed by atoms with E-state index in [1.54, 1.807) is 24.4 Å². The number of rotatable bonds is 12. The van der Waals surface area contributed by atoms with E-state index in [0.717, 1.165) is 18.3 Å². The van der Waals surface area contributed by atoms with Crippen LogP contribution < -0.4 is 10.6 Å². The third-order valence-corrected chi connectivity index (χ3v) is 9.08. The second-order valence-electron chi connectivity index (χ2n) is 13.6.